The molecule has 3 N–H and O–H groups in total. The van der Waals surface area contributed by atoms with E-state index in [1.807, 2.05) is 20.2 Å². The molecule has 0 spiro atoms. The van der Waals surface area contributed by atoms with Crippen LogP contribution in [0.25, 0.3) is 0 Å². The van der Waals surface area contributed by atoms with Gasteiger partial charge in [0.25, 0.3) is 0 Å². The highest BCUT2D eigenvalue weighted by atomic mass is 127. The predicted octanol–water partition coefficient (Wildman–Crippen LogP) is 2.02. The van der Waals surface area contributed by atoms with Gasteiger partial charge in [-0.3, -0.25) is 15.0 Å². The summed E-state index contributed by atoms with van der Waals surface area (Å²) >= 11 is 0. The number of likely N-dealkylation sites (tertiary alicyclic amines) is 1. The number of hydrogen-bond acceptors (Lipinski definition) is 3. The smallest absolute Gasteiger partial charge is 0.191 e. The first kappa shape index (κ1) is 18.5. The highest BCUT2D eigenvalue weighted by Crippen LogP contribution is 2.26. The average molecular weight is 432 g/mol. The van der Waals surface area contributed by atoms with Crippen molar-refractivity contribution in [3.05, 3.63) is 17.5 Å². The second-order valence-electron chi connectivity index (χ2n) is 6.51. The van der Waals surface area contributed by atoms with Crippen molar-refractivity contribution in [1.29, 1.82) is 0 Å². The second-order valence-corrected chi connectivity index (χ2v) is 6.51. The van der Waals surface area contributed by atoms with Crippen molar-refractivity contribution in [3.8, 4) is 0 Å². The summed E-state index contributed by atoms with van der Waals surface area (Å²) < 4.78 is 0. The molecular weight excluding hydrogens is 403 g/mol. The Labute approximate surface area is 155 Å². The van der Waals surface area contributed by atoms with Crippen LogP contribution in [0.4, 0.5) is 0 Å². The number of aromatic nitrogens is 2. The van der Waals surface area contributed by atoms with E-state index in [2.05, 4.69) is 30.7 Å². The highest BCUT2D eigenvalue weighted by molar-refractivity contribution is 14.0. The van der Waals surface area contributed by atoms with Crippen molar-refractivity contribution < 1.29 is 0 Å². The molecule has 23 heavy (non-hydrogen) atoms. The van der Waals surface area contributed by atoms with Crippen LogP contribution < -0.4 is 10.6 Å². The molecule has 1 aliphatic heterocycles. The third-order valence-electron chi connectivity index (χ3n) is 5.01. The monoisotopic (exact) mass is 432 g/mol. The van der Waals surface area contributed by atoms with E-state index in [1.54, 1.807) is 0 Å². The minimum Gasteiger partial charge on any atom is -0.352 e. The van der Waals surface area contributed by atoms with Gasteiger partial charge in [0.15, 0.2) is 5.96 Å². The first-order chi connectivity index (χ1) is 10.8. The molecule has 1 atom stereocenters. The van der Waals surface area contributed by atoms with Crippen molar-refractivity contribution in [2.75, 3.05) is 20.1 Å². The summed E-state index contributed by atoms with van der Waals surface area (Å²) in [5.41, 5.74) is 2.29. The van der Waals surface area contributed by atoms with E-state index >= 15 is 0 Å². The number of nitrogens with one attached hydrogen (secondary N) is 3. The van der Waals surface area contributed by atoms with Crippen LogP contribution in [0, 0.1) is 6.92 Å². The van der Waals surface area contributed by atoms with Crippen molar-refractivity contribution in [3.63, 3.8) is 0 Å². The number of H-pyrrole nitrogens is 1. The SMILES string of the molecule is CN=C(NCc1cn[nH]c1C)NC1CCN(C2CCCC2)C1.I. The molecule has 0 amide bonds. The molecule has 1 aliphatic carbocycles. The van der Waals surface area contributed by atoms with Gasteiger partial charge >= 0.3 is 0 Å². The van der Waals surface area contributed by atoms with Gasteiger partial charge in [0.05, 0.1) is 6.20 Å². The van der Waals surface area contributed by atoms with Crippen LogP contribution in [0.5, 0.6) is 0 Å². The molecule has 130 valence electrons. The molecule has 0 radical (unpaired) electrons. The number of aliphatic imine (C=N–C) groups is 1. The molecule has 2 fully saturated rings. The molecule has 2 heterocycles. The number of nitrogens with zero attached hydrogens (tertiary/aromatic N) is 3. The molecule has 1 aromatic rings. The Morgan fingerprint density at radius 2 is 2.17 bits per heavy atom. The van der Waals surface area contributed by atoms with E-state index in [1.165, 1.54) is 44.2 Å². The minimum absolute atomic E-state index is 0. The minimum atomic E-state index is 0. The van der Waals surface area contributed by atoms with Gasteiger partial charge < -0.3 is 10.6 Å². The van der Waals surface area contributed by atoms with Gasteiger partial charge in [-0.25, -0.2) is 0 Å². The summed E-state index contributed by atoms with van der Waals surface area (Å²) in [5.74, 6) is 0.888. The summed E-state index contributed by atoms with van der Waals surface area (Å²) in [4.78, 5) is 7.01. The molecule has 2 aliphatic rings. The molecule has 0 aromatic carbocycles. The van der Waals surface area contributed by atoms with E-state index in [0.29, 0.717) is 6.04 Å². The fourth-order valence-corrected chi connectivity index (χ4v) is 3.63. The Hall–Kier alpha value is -0.830. The van der Waals surface area contributed by atoms with Crippen molar-refractivity contribution >= 4 is 29.9 Å². The van der Waals surface area contributed by atoms with E-state index in [4.69, 9.17) is 0 Å². The summed E-state index contributed by atoms with van der Waals surface area (Å²) in [6.45, 7) is 5.16. The molecule has 1 saturated heterocycles. The number of aryl methyl sites for hydroxylation is 1. The van der Waals surface area contributed by atoms with E-state index < -0.39 is 0 Å². The lowest BCUT2D eigenvalue weighted by atomic mass is 10.2. The maximum atomic E-state index is 4.35. The predicted molar refractivity (Wildman–Crippen MR) is 104 cm³/mol. The van der Waals surface area contributed by atoms with Crippen molar-refractivity contribution in [2.24, 2.45) is 4.99 Å². The normalized spacial score (nSPS) is 23.0. The van der Waals surface area contributed by atoms with Crippen LogP contribution >= 0.6 is 24.0 Å². The molecule has 3 rings (SSSR count). The molecule has 0 bridgehead atoms. The molecule has 1 unspecified atom stereocenters. The van der Waals surface area contributed by atoms with Crippen LogP contribution in [0.1, 0.15) is 43.4 Å². The average Bonchev–Trinajstić information content (AvgIpc) is 3.25. The van der Waals surface area contributed by atoms with Gasteiger partial charge in [-0.1, -0.05) is 12.8 Å². The van der Waals surface area contributed by atoms with Crippen molar-refractivity contribution in [2.45, 2.75) is 57.7 Å². The number of aromatic amines is 1. The van der Waals surface area contributed by atoms with E-state index in [-0.39, 0.29) is 24.0 Å². The van der Waals surface area contributed by atoms with Gasteiger partial charge in [-0.15, -0.1) is 24.0 Å². The van der Waals surface area contributed by atoms with Crippen molar-refractivity contribution in [1.82, 2.24) is 25.7 Å². The number of hydrogen-bond donors (Lipinski definition) is 3. The zero-order valence-electron chi connectivity index (χ0n) is 14.1. The number of halogens is 1. The molecular formula is C16H29IN6. The fourth-order valence-electron chi connectivity index (χ4n) is 3.63. The van der Waals surface area contributed by atoms with Gasteiger partial charge in [0.2, 0.25) is 0 Å². The highest BCUT2D eigenvalue weighted by Gasteiger charge is 2.30. The second kappa shape index (κ2) is 8.86. The first-order valence-corrected chi connectivity index (χ1v) is 8.46. The lowest BCUT2D eigenvalue weighted by Crippen LogP contribution is -2.45. The standard InChI is InChI=1S/C16H28N6.HI/c1-12-13(10-19-21-12)9-18-16(17-2)20-14-7-8-22(11-14)15-5-3-4-6-15;/h10,14-15H,3-9,11H2,1-2H3,(H,19,21)(H2,17,18,20);1H. The quantitative estimate of drug-likeness (QED) is 0.387. The Morgan fingerprint density at radius 1 is 1.39 bits per heavy atom. The van der Waals surface area contributed by atoms with E-state index in [9.17, 15) is 0 Å². The summed E-state index contributed by atoms with van der Waals surface area (Å²) in [6, 6.07) is 1.34. The van der Waals surface area contributed by atoms with Crippen LogP contribution in [0.15, 0.2) is 11.2 Å². The largest absolute Gasteiger partial charge is 0.352 e. The Balaban J connectivity index is 0.00000192. The number of rotatable bonds is 4. The van der Waals surface area contributed by atoms with Gasteiger partial charge in [0.1, 0.15) is 0 Å². The maximum absolute atomic E-state index is 4.35. The first-order valence-electron chi connectivity index (χ1n) is 8.46. The van der Waals surface area contributed by atoms with Crippen LogP contribution in [0.2, 0.25) is 0 Å². The third kappa shape index (κ3) is 4.82. The Morgan fingerprint density at radius 3 is 2.83 bits per heavy atom. The van der Waals surface area contributed by atoms with Crippen LogP contribution in [-0.2, 0) is 6.54 Å². The van der Waals surface area contributed by atoms with Gasteiger partial charge in [0, 0.05) is 50.0 Å². The van der Waals surface area contributed by atoms with Gasteiger partial charge in [-0.05, 0) is 26.2 Å². The number of guanidine groups is 1. The zero-order valence-corrected chi connectivity index (χ0v) is 16.5. The lowest BCUT2D eigenvalue weighted by molar-refractivity contribution is 0.242. The molecule has 7 heteroatoms. The summed E-state index contributed by atoms with van der Waals surface area (Å²) in [5, 5.41) is 14.0. The molecule has 1 aromatic heterocycles. The lowest BCUT2D eigenvalue weighted by Gasteiger charge is -2.24. The van der Waals surface area contributed by atoms with E-state index in [0.717, 1.165) is 30.8 Å². The topological polar surface area (TPSA) is 68.3 Å². The summed E-state index contributed by atoms with van der Waals surface area (Å²) in [6.07, 6.45) is 8.67. The molecule has 1 saturated carbocycles. The fraction of sp³-hybridized carbons (Fsp3) is 0.750. The Kier molecular flexibility index (Phi) is 7.13. The van der Waals surface area contributed by atoms with Crippen LogP contribution in [-0.4, -0.2) is 53.3 Å². The van der Waals surface area contributed by atoms with Gasteiger partial charge in [-0.2, -0.15) is 5.10 Å². The maximum Gasteiger partial charge on any atom is 0.191 e. The summed E-state index contributed by atoms with van der Waals surface area (Å²) in [7, 11) is 1.83. The zero-order chi connectivity index (χ0) is 15.4. The van der Waals surface area contributed by atoms with Crippen LogP contribution in [0.3, 0.4) is 0 Å². The third-order valence-corrected chi connectivity index (χ3v) is 5.01. The Bertz CT molecular complexity index is 508. The molecule has 6 nitrogen and oxygen atoms in total.